The predicted octanol–water partition coefficient (Wildman–Crippen LogP) is 4.73. The fourth-order valence-corrected chi connectivity index (χ4v) is 5.57. The number of nitrogens with one attached hydrogen (secondary N) is 2. The van der Waals surface area contributed by atoms with Crippen molar-refractivity contribution in [2.24, 2.45) is 0 Å². The Kier molecular flexibility index (Phi) is 6.82. The van der Waals surface area contributed by atoms with E-state index in [1.54, 1.807) is 12.1 Å². The Hall–Kier alpha value is -3.09. The number of hydrogen-bond donors (Lipinski definition) is 3. The molecule has 12 heteroatoms. The zero-order valence-electron chi connectivity index (χ0n) is 17.2. The van der Waals surface area contributed by atoms with Crippen molar-refractivity contribution in [2.45, 2.75) is 4.90 Å². The number of sulfonamides is 1. The molecule has 1 aliphatic rings. The molecule has 0 aliphatic carbocycles. The van der Waals surface area contributed by atoms with Crippen molar-refractivity contribution in [1.29, 1.82) is 0 Å². The summed E-state index contributed by atoms with van der Waals surface area (Å²) in [6.45, 7) is 0.766. The Balaban J connectivity index is 1.60. The molecule has 176 valence electrons. The van der Waals surface area contributed by atoms with Crippen LogP contribution in [0.15, 0.2) is 68.4 Å². The van der Waals surface area contributed by atoms with Crippen LogP contribution >= 0.6 is 31.9 Å². The number of amides is 1. The highest BCUT2D eigenvalue weighted by atomic mass is 79.9. The lowest BCUT2D eigenvalue weighted by Crippen LogP contribution is -2.18. The van der Waals surface area contributed by atoms with Crippen molar-refractivity contribution < 1.29 is 32.6 Å². The molecule has 1 heterocycles. The summed E-state index contributed by atoms with van der Waals surface area (Å²) >= 11 is 6.41. The van der Waals surface area contributed by atoms with Crippen LogP contribution < -0.4 is 19.5 Å². The van der Waals surface area contributed by atoms with Crippen LogP contribution in [0.4, 0.5) is 11.4 Å². The van der Waals surface area contributed by atoms with Crippen molar-refractivity contribution in [2.75, 3.05) is 23.3 Å². The molecule has 0 spiro atoms. The first-order valence-electron chi connectivity index (χ1n) is 9.70. The molecule has 0 radical (unpaired) electrons. The van der Waals surface area contributed by atoms with E-state index < -0.39 is 21.9 Å². The second-order valence-electron chi connectivity index (χ2n) is 7.06. The predicted molar refractivity (Wildman–Crippen MR) is 131 cm³/mol. The van der Waals surface area contributed by atoms with Gasteiger partial charge in [0.15, 0.2) is 11.5 Å². The molecular formula is C22H16Br2N2O7S. The third-order valence-electron chi connectivity index (χ3n) is 4.74. The monoisotopic (exact) mass is 610 g/mol. The van der Waals surface area contributed by atoms with Gasteiger partial charge in [0.2, 0.25) is 0 Å². The maximum atomic E-state index is 13.1. The van der Waals surface area contributed by atoms with Crippen molar-refractivity contribution in [3.05, 3.63) is 74.7 Å². The molecule has 0 saturated heterocycles. The van der Waals surface area contributed by atoms with E-state index in [4.69, 9.17) is 9.47 Å². The number of halogens is 2. The third kappa shape index (κ3) is 5.18. The van der Waals surface area contributed by atoms with Gasteiger partial charge >= 0.3 is 5.97 Å². The van der Waals surface area contributed by atoms with Gasteiger partial charge in [0.1, 0.15) is 18.1 Å². The molecule has 1 aliphatic heterocycles. The average molecular weight is 612 g/mol. The summed E-state index contributed by atoms with van der Waals surface area (Å²) in [5, 5.41) is 11.9. The second-order valence-corrected chi connectivity index (χ2v) is 10.5. The van der Waals surface area contributed by atoms with E-state index >= 15 is 0 Å². The van der Waals surface area contributed by atoms with Gasteiger partial charge in [-0.05, 0) is 64.5 Å². The summed E-state index contributed by atoms with van der Waals surface area (Å²) in [6.07, 6.45) is 0. The van der Waals surface area contributed by atoms with Gasteiger partial charge in [-0.1, -0.05) is 15.9 Å². The van der Waals surface area contributed by atoms with E-state index in [1.807, 2.05) is 0 Å². The number of benzene rings is 3. The number of ether oxygens (including phenoxy) is 2. The summed E-state index contributed by atoms with van der Waals surface area (Å²) in [6, 6.07) is 13.1. The third-order valence-corrected chi connectivity index (χ3v) is 7.61. The van der Waals surface area contributed by atoms with Gasteiger partial charge in [0.05, 0.1) is 16.9 Å². The molecule has 0 unspecified atom stereocenters. The summed E-state index contributed by atoms with van der Waals surface area (Å²) in [5.41, 5.74) is 0.229. The zero-order valence-corrected chi connectivity index (χ0v) is 21.2. The first-order valence-corrected chi connectivity index (χ1v) is 12.8. The van der Waals surface area contributed by atoms with Gasteiger partial charge in [-0.15, -0.1) is 0 Å². The molecule has 9 nitrogen and oxygen atoms in total. The number of hydrogen-bond acceptors (Lipinski definition) is 6. The number of anilines is 2. The number of rotatable bonds is 6. The van der Waals surface area contributed by atoms with Crippen molar-refractivity contribution in [1.82, 2.24) is 0 Å². The van der Waals surface area contributed by atoms with E-state index in [1.165, 1.54) is 42.5 Å². The topological polar surface area (TPSA) is 131 Å². The van der Waals surface area contributed by atoms with Crippen LogP contribution in [-0.2, 0) is 10.0 Å². The number of carboxylic acids is 1. The lowest BCUT2D eigenvalue weighted by atomic mass is 10.1. The molecule has 0 atom stereocenters. The maximum Gasteiger partial charge on any atom is 0.337 e. The van der Waals surface area contributed by atoms with Crippen LogP contribution in [0.3, 0.4) is 0 Å². The maximum absolute atomic E-state index is 13.1. The number of carbonyl (C=O) groups excluding carboxylic acids is 1. The number of fused-ring (bicyclic) bond motifs is 1. The smallest absolute Gasteiger partial charge is 0.337 e. The molecule has 0 fully saturated rings. The van der Waals surface area contributed by atoms with E-state index in [9.17, 15) is 23.1 Å². The van der Waals surface area contributed by atoms with Crippen molar-refractivity contribution >= 4 is 65.1 Å². The van der Waals surface area contributed by atoms with Gasteiger partial charge in [-0.2, -0.15) is 0 Å². The molecular weight excluding hydrogens is 596 g/mol. The SMILES string of the molecule is O=C(Nc1ccc(Br)cc1C(=O)O)c1ccc(Br)c(S(=O)(=O)Nc2ccc3c(c2)OCCO3)c1. The molecule has 3 N–H and O–H groups in total. The molecule has 0 aromatic heterocycles. The van der Waals surface area contributed by atoms with Gasteiger partial charge in [0, 0.05) is 20.6 Å². The van der Waals surface area contributed by atoms with Gasteiger partial charge in [0.25, 0.3) is 15.9 Å². The van der Waals surface area contributed by atoms with E-state index in [-0.39, 0.29) is 31.9 Å². The summed E-state index contributed by atoms with van der Waals surface area (Å²) in [4.78, 5) is 24.1. The second kappa shape index (κ2) is 9.65. The Labute approximate surface area is 211 Å². The summed E-state index contributed by atoms with van der Waals surface area (Å²) < 4.78 is 40.3. The molecule has 3 aromatic rings. The number of aromatic carboxylic acids is 1. The van der Waals surface area contributed by atoms with Crippen LogP contribution in [0, 0.1) is 0 Å². The molecule has 1 amide bonds. The zero-order chi connectivity index (χ0) is 24.5. The number of carbonyl (C=O) groups is 2. The first-order chi connectivity index (χ1) is 16.1. The highest BCUT2D eigenvalue weighted by Gasteiger charge is 2.22. The molecule has 3 aromatic carbocycles. The van der Waals surface area contributed by atoms with Crippen molar-refractivity contribution in [3.8, 4) is 11.5 Å². The van der Waals surface area contributed by atoms with Crippen molar-refractivity contribution in [3.63, 3.8) is 0 Å². The first kappa shape index (κ1) is 24.0. The normalized spacial score (nSPS) is 12.6. The summed E-state index contributed by atoms with van der Waals surface area (Å²) in [7, 11) is -4.10. The Morgan fingerprint density at radius 1 is 0.912 bits per heavy atom. The van der Waals surface area contributed by atoms with E-state index in [2.05, 4.69) is 41.9 Å². The van der Waals surface area contributed by atoms with Crippen LogP contribution in [-0.4, -0.2) is 38.6 Å². The quantitative estimate of drug-likeness (QED) is 0.367. The largest absolute Gasteiger partial charge is 0.486 e. The van der Waals surface area contributed by atoms with Gasteiger partial charge in [-0.3, -0.25) is 9.52 Å². The molecule has 0 bridgehead atoms. The van der Waals surface area contributed by atoms with Crippen LogP contribution in [0.2, 0.25) is 0 Å². The Morgan fingerprint density at radius 3 is 2.38 bits per heavy atom. The minimum atomic E-state index is -4.10. The van der Waals surface area contributed by atoms with E-state index in [0.717, 1.165) is 0 Å². The van der Waals surface area contributed by atoms with E-state index in [0.29, 0.717) is 29.2 Å². The Morgan fingerprint density at radius 2 is 1.65 bits per heavy atom. The lowest BCUT2D eigenvalue weighted by molar-refractivity contribution is 0.0698. The minimum Gasteiger partial charge on any atom is -0.486 e. The van der Waals surface area contributed by atoms with Crippen LogP contribution in [0.25, 0.3) is 0 Å². The molecule has 4 rings (SSSR count). The number of carboxylic acid groups (broad SMARTS) is 1. The highest BCUT2D eigenvalue weighted by molar-refractivity contribution is 9.10. The molecule has 0 saturated carbocycles. The minimum absolute atomic E-state index is 0.0185. The van der Waals surface area contributed by atoms with Crippen LogP contribution in [0.1, 0.15) is 20.7 Å². The van der Waals surface area contributed by atoms with Gasteiger partial charge < -0.3 is 19.9 Å². The average Bonchev–Trinajstić information content (AvgIpc) is 2.79. The standard InChI is InChI=1S/C22H16Br2N2O7S/c23-13-2-5-17(15(10-13)22(28)29)25-21(27)12-1-4-16(24)20(9-12)34(30,31)26-14-3-6-18-19(11-14)33-8-7-32-18/h1-6,9-11,26H,7-8H2,(H,25,27)(H,28,29). The summed E-state index contributed by atoms with van der Waals surface area (Å²) in [5.74, 6) is -0.961. The molecule has 34 heavy (non-hydrogen) atoms. The van der Waals surface area contributed by atoms with Crippen LogP contribution in [0.5, 0.6) is 11.5 Å². The highest BCUT2D eigenvalue weighted by Crippen LogP contribution is 2.34. The van der Waals surface area contributed by atoms with Gasteiger partial charge in [-0.25, -0.2) is 13.2 Å². The Bertz CT molecular complexity index is 1410. The fourth-order valence-electron chi connectivity index (χ4n) is 3.16. The fraction of sp³-hybridized carbons (Fsp3) is 0.0909. The lowest BCUT2D eigenvalue weighted by Gasteiger charge is -2.19.